The van der Waals surface area contributed by atoms with Gasteiger partial charge in [0, 0.05) is 43.5 Å². The molecule has 0 atom stereocenters. The molecule has 0 unspecified atom stereocenters. The molecule has 128 valence electrons. The Morgan fingerprint density at radius 3 is 2.92 bits per heavy atom. The predicted molar refractivity (Wildman–Crippen MR) is 97.4 cm³/mol. The first-order valence-electron chi connectivity index (χ1n) is 8.78. The Balaban J connectivity index is 1.63. The molecule has 2 aromatic heterocycles. The lowest BCUT2D eigenvalue weighted by atomic mass is 9.95. The number of carbonyl (C=O) groups excluding carboxylic acids is 1. The molecule has 1 aromatic carbocycles. The van der Waals surface area contributed by atoms with E-state index in [0.29, 0.717) is 12.2 Å². The molecule has 0 spiro atoms. The van der Waals surface area contributed by atoms with Crippen molar-refractivity contribution in [3.05, 3.63) is 59.0 Å². The van der Waals surface area contributed by atoms with Crippen LogP contribution in [0.3, 0.4) is 0 Å². The van der Waals surface area contributed by atoms with Crippen molar-refractivity contribution in [2.45, 2.75) is 32.2 Å². The van der Waals surface area contributed by atoms with E-state index < -0.39 is 0 Å². The molecule has 5 nitrogen and oxygen atoms in total. The van der Waals surface area contributed by atoms with Crippen LogP contribution in [0.4, 0.5) is 0 Å². The van der Waals surface area contributed by atoms with Crippen LogP contribution in [-0.2, 0) is 26.4 Å². The van der Waals surface area contributed by atoms with Gasteiger partial charge in [0.05, 0.1) is 5.52 Å². The highest BCUT2D eigenvalue weighted by molar-refractivity contribution is 5.94. The zero-order valence-corrected chi connectivity index (χ0v) is 14.7. The number of nitrogens with zero attached hydrogens (tertiary/aromatic N) is 4. The fourth-order valence-corrected chi connectivity index (χ4v) is 3.76. The highest BCUT2D eigenvalue weighted by Gasteiger charge is 2.25. The van der Waals surface area contributed by atoms with Gasteiger partial charge in [0.1, 0.15) is 0 Å². The standard InChI is InChI=1S/C20H22N4O/c1-23(13-14-7-5-10-17-15(14)9-6-12-21-17)20(25)19-16-8-3-4-11-18(16)24(2)22-19/h5-7,9-10,12H,3-4,8,11,13H2,1-2H3. The summed E-state index contributed by atoms with van der Waals surface area (Å²) in [6, 6.07) is 10.0. The van der Waals surface area contributed by atoms with Gasteiger partial charge in [0.25, 0.3) is 5.91 Å². The Kier molecular flexibility index (Phi) is 3.99. The molecule has 1 aliphatic rings. The smallest absolute Gasteiger partial charge is 0.274 e. The van der Waals surface area contributed by atoms with Crippen molar-refractivity contribution >= 4 is 16.8 Å². The van der Waals surface area contributed by atoms with Gasteiger partial charge in [0.2, 0.25) is 0 Å². The number of hydrogen-bond acceptors (Lipinski definition) is 3. The van der Waals surface area contributed by atoms with E-state index in [0.717, 1.165) is 41.3 Å². The maximum atomic E-state index is 13.0. The lowest BCUT2D eigenvalue weighted by Gasteiger charge is -2.19. The molecule has 0 bridgehead atoms. The van der Waals surface area contributed by atoms with Gasteiger partial charge < -0.3 is 4.90 Å². The monoisotopic (exact) mass is 334 g/mol. The van der Waals surface area contributed by atoms with Crippen LogP contribution in [0.2, 0.25) is 0 Å². The number of rotatable bonds is 3. The van der Waals surface area contributed by atoms with Gasteiger partial charge in [-0.05, 0) is 43.4 Å². The number of amides is 1. The maximum Gasteiger partial charge on any atom is 0.274 e. The molecule has 0 N–H and O–H groups in total. The minimum absolute atomic E-state index is 0.000330. The summed E-state index contributed by atoms with van der Waals surface area (Å²) in [6.45, 7) is 0.549. The molecule has 1 aliphatic carbocycles. The van der Waals surface area contributed by atoms with Crippen LogP contribution in [0.15, 0.2) is 36.5 Å². The second-order valence-corrected chi connectivity index (χ2v) is 6.75. The summed E-state index contributed by atoms with van der Waals surface area (Å²) in [7, 11) is 3.79. The first-order chi connectivity index (χ1) is 12.1. The van der Waals surface area contributed by atoms with Crippen molar-refractivity contribution in [1.82, 2.24) is 19.7 Å². The maximum absolute atomic E-state index is 13.0. The summed E-state index contributed by atoms with van der Waals surface area (Å²) in [5.74, 6) is -0.000330. The summed E-state index contributed by atoms with van der Waals surface area (Å²) in [5, 5.41) is 5.62. The van der Waals surface area contributed by atoms with Gasteiger partial charge in [-0.25, -0.2) is 0 Å². The normalized spacial score (nSPS) is 13.7. The van der Waals surface area contributed by atoms with Crippen LogP contribution in [0, 0.1) is 0 Å². The van der Waals surface area contributed by atoms with Gasteiger partial charge in [-0.15, -0.1) is 0 Å². The molecule has 5 heteroatoms. The van der Waals surface area contributed by atoms with Gasteiger partial charge >= 0.3 is 0 Å². The topological polar surface area (TPSA) is 51.0 Å². The lowest BCUT2D eigenvalue weighted by molar-refractivity contribution is 0.0778. The van der Waals surface area contributed by atoms with Crippen LogP contribution in [0.5, 0.6) is 0 Å². The highest BCUT2D eigenvalue weighted by Crippen LogP contribution is 2.25. The summed E-state index contributed by atoms with van der Waals surface area (Å²) in [5.41, 5.74) is 5.04. The predicted octanol–water partition coefficient (Wildman–Crippen LogP) is 3.12. The Hall–Kier alpha value is -2.69. The molecule has 0 fully saturated rings. The minimum Gasteiger partial charge on any atom is -0.336 e. The number of aromatic nitrogens is 3. The molecule has 0 saturated carbocycles. The van der Waals surface area contributed by atoms with E-state index in [4.69, 9.17) is 0 Å². The summed E-state index contributed by atoms with van der Waals surface area (Å²) < 4.78 is 1.89. The second kappa shape index (κ2) is 6.31. The summed E-state index contributed by atoms with van der Waals surface area (Å²) >= 11 is 0. The Morgan fingerprint density at radius 1 is 1.20 bits per heavy atom. The fraction of sp³-hybridized carbons (Fsp3) is 0.350. The number of fused-ring (bicyclic) bond motifs is 2. The third-order valence-electron chi connectivity index (χ3n) is 5.06. The number of benzene rings is 1. The van der Waals surface area contributed by atoms with Gasteiger partial charge in [0.15, 0.2) is 5.69 Å². The number of hydrogen-bond donors (Lipinski definition) is 0. The molecule has 3 aromatic rings. The third-order valence-corrected chi connectivity index (χ3v) is 5.06. The van der Waals surface area contributed by atoms with Crippen molar-refractivity contribution in [2.75, 3.05) is 7.05 Å². The van der Waals surface area contributed by atoms with Crippen LogP contribution in [0.1, 0.15) is 40.2 Å². The Bertz CT molecular complexity index is 939. The molecule has 4 rings (SSSR count). The van der Waals surface area contributed by atoms with E-state index in [2.05, 4.69) is 22.2 Å². The molecule has 0 saturated heterocycles. The number of pyridine rings is 1. The van der Waals surface area contributed by atoms with E-state index in [1.54, 1.807) is 11.1 Å². The van der Waals surface area contributed by atoms with Crippen LogP contribution in [-0.4, -0.2) is 32.6 Å². The third kappa shape index (κ3) is 2.80. The lowest BCUT2D eigenvalue weighted by Crippen LogP contribution is -2.27. The highest BCUT2D eigenvalue weighted by atomic mass is 16.2. The molecule has 2 heterocycles. The first-order valence-corrected chi connectivity index (χ1v) is 8.78. The Morgan fingerprint density at radius 2 is 2.04 bits per heavy atom. The van der Waals surface area contributed by atoms with E-state index in [1.165, 1.54) is 12.1 Å². The summed E-state index contributed by atoms with van der Waals surface area (Å²) in [6.07, 6.45) is 6.08. The Labute approximate surface area is 147 Å². The van der Waals surface area contributed by atoms with Gasteiger partial charge in [-0.3, -0.25) is 14.5 Å². The van der Waals surface area contributed by atoms with Crippen LogP contribution < -0.4 is 0 Å². The SMILES string of the molecule is CN(Cc1cccc2ncccc12)C(=O)c1nn(C)c2c1CCCC2. The van der Waals surface area contributed by atoms with Gasteiger partial charge in [-0.1, -0.05) is 18.2 Å². The van der Waals surface area contributed by atoms with Crippen LogP contribution in [0.25, 0.3) is 10.9 Å². The quantitative estimate of drug-likeness (QED) is 0.739. The number of aryl methyl sites for hydroxylation is 1. The van der Waals surface area contributed by atoms with Crippen molar-refractivity contribution in [2.24, 2.45) is 7.05 Å². The van der Waals surface area contributed by atoms with Gasteiger partial charge in [-0.2, -0.15) is 5.10 Å². The minimum atomic E-state index is -0.000330. The molecule has 25 heavy (non-hydrogen) atoms. The average Bonchev–Trinajstić information content (AvgIpc) is 2.98. The zero-order chi connectivity index (χ0) is 17.4. The van der Waals surface area contributed by atoms with Crippen molar-refractivity contribution in [3.63, 3.8) is 0 Å². The fourth-order valence-electron chi connectivity index (χ4n) is 3.76. The largest absolute Gasteiger partial charge is 0.336 e. The van der Waals surface area contributed by atoms with E-state index >= 15 is 0 Å². The molecule has 0 radical (unpaired) electrons. The first kappa shape index (κ1) is 15.8. The van der Waals surface area contributed by atoms with Crippen molar-refractivity contribution < 1.29 is 4.79 Å². The van der Waals surface area contributed by atoms with Crippen LogP contribution >= 0.6 is 0 Å². The van der Waals surface area contributed by atoms with Crippen molar-refractivity contribution in [3.8, 4) is 0 Å². The summed E-state index contributed by atoms with van der Waals surface area (Å²) in [4.78, 5) is 19.2. The molecular weight excluding hydrogens is 312 g/mol. The van der Waals surface area contributed by atoms with E-state index in [-0.39, 0.29) is 5.91 Å². The second-order valence-electron chi connectivity index (χ2n) is 6.75. The van der Waals surface area contributed by atoms with E-state index in [1.807, 2.05) is 37.0 Å². The molecule has 0 aliphatic heterocycles. The number of carbonyl (C=O) groups is 1. The average molecular weight is 334 g/mol. The molecule has 1 amide bonds. The zero-order valence-electron chi connectivity index (χ0n) is 14.7. The molecular formula is C20H22N4O. The van der Waals surface area contributed by atoms with Crippen molar-refractivity contribution in [1.29, 1.82) is 0 Å². The van der Waals surface area contributed by atoms with E-state index in [9.17, 15) is 4.79 Å².